The van der Waals surface area contributed by atoms with Crippen LogP contribution in [0, 0.1) is 0 Å². The Morgan fingerprint density at radius 1 is 1.07 bits per heavy atom. The zero-order valence-electron chi connectivity index (χ0n) is 15.2. The minimum absolute atomic E-state index is 0.331. The summed E-state index contributed by atoms with van der Waals surface area (Å²) in [7, 11) is -1.59. The molecule has 8 nitrogen and oxygen atoms in total. The molecular weight excluding hydrogens is 386 g/mol. The lowest BCUT2D eigenvalue weighted by Gasteiger charge is -2.18. The van der Waals surface area contributed by atoms with Crippen LogP contribution in [0.25, 0.3) is 22.0 Å². The number of hydrogen-bond acceptors (Lipinski definition) is 6. The number of pyridine rings is 1. The minimum atomic E-state index is -4.75. The molecule has 0 fully saturated rings. The quantitative estimate of drug-likeness (QED) is 0.507. The first-order valence-corrected chi connectivity index (χ1v) is 9.78. The Morgan fingerprint density at radius 3 is 2.54 bits per heavy atom. The van der Waals surface area contributed by atoms with Crippen molar-refractivity contribution in [1.82, 2.24) is 0 Å². The summed E-state index contributed by atoms with van der Waals surface area (Å²) in [5.41, 5.74) is 2.38. The molecule has 0 saturated carbocycles. The molecule has 2 N–H and O–H groups in total. The number of ether oxygens (including phenoxy) is 2. The zero-order chi connectivity index (χ0) is 20.1. The molecule has 0 bridgehead atoms. The van der Waals surface area contributed by atoms with Crippen molar-refractivity contribution < 1.29 is 36.3 Å². The van der Waals surface area contributed by atoms with Crippen molar-refractivity contribution in [3.8, 4) is 34.3 Å². The number of aryl methyl sites for hydroxylation is 2. The number of phenols is 1. The van der Waals surface area contributed by atoms with Crippen molar-refractivity contribution in [3.63, 3.8) is 0 Å². The number of aromatic hydroxyl groups is 1. The first-order chi connectivity index (χ1) is 13.3. The second-order valence-electron chi connectivity index (χ2n) is 6.39. The van der Waals surface area contributed by atoms with Crippen molar-refractivity contribution in [1.29, 1.82) is 0 Å². The van der Waals surface area contributed by atoms with Gasteiger partial charge in [0.2, 0.25) is 5.69 Å². The monoisotopic (exact) mass is 404 g/mol. The number of fused-ring (bicyclic) bond motifs is 4. The highest BCUT2D eigenvalue weighted by Gasteiger charge is 2.27. The summed E-state index contributed by atoms with van der Waals surface area (Å²) in [4.78, 5) is 0. The molecule has 0 amide bonds. The maximum absolute atomic E-state index is 11.1. The molecule has 0 spiro atoms. The van der Waals surface area contributed by atoms with Crippen molar-refractivity contribution in [2.75, 3.05) is 14.2 Å². The van der Waals surface area contributed by atoms with Gasteiger partial charge in [-0.1, -0.05) is 0 Å². The van der Waals surface area contributed by atoms with Crippen molar-refractivity contribution in [3.05, 3.63) is 42.1 Å². The van der Waals surface area contributed by atoms with Crippen LogP contribution >= 0.6 is 0 Å². The average Bonchev–Trinajstić information content (AvgIpc) is 2.65. The number of aromatic nitrogens is 1. The number of nitrogens with zero attached hydrogens (tertiary/aromatic N) is 1. The van der Waals surface area contributed by atoms with E-state index < -0.39 is 10.4 Å². The molecule has 2 aromatic carbocycles. The van der Waals surface area contributed by atoms with E-state index in [1.165, 1.54) is 12.1 Å². The van der Waals surface area contributed by atoms with E-state index in [0.29, 0.717) is 30.0 Å². The zero-order valence-corrected chi connectivity index (χ0v) is 16.0. The van der Waals surface area contributed by atoms with Crippen molar-refractivity contribution >= 4 is 21.2 Å². The minimum Gasteiger partial charge on any atom is -0.504 e. The van der Waals surface area contributed by atoms with Gasteiger partial charge in [-0.05, 0) is 29.1 Å². The molecule has 28 heavy (non-hydrogen) atoms. The summed E-state index contributed by atoms with van der Waals surface area (Å²) in [6.45, 7) is 0.663. The lowest BCUT2D eigenvalue weighted by molar-refractivity contribution is -0.686. The van der Waals surface area contributed by atoms with Gasteiger partial charge in [-0.15, -0.1) is 0 Å². The Hall–Kier alpha value is -3.04. The van der Waals surface area contributed by atoms with Gasteiger partial charge in [-0.3, -0.25) is 4.55 Å². The predicted molar refractivity (Wildman–Crippen MR) is 100 cm³/mol. The van der Waals surface area contributed by atoms with Gasteiger partial charge in [-0.25, -0.2) is 0 Å². The Kier molecular flexibility index (Phi) is 4.28. The fraction of sp³-hybridized carbons (Fsp3) is 0.211. The molecule has 0 aliphatic carbocycles. The van der Waals surface area contributed by atoms with Gasteiger partial charge in [-0.2, -0.15) is 13.0 Å². The molecule has 1 aliphatic rings. The highest BCUT2D eigenvalue weighted by molar-refractivity contribution is 7.81. The van der Waals surface area contributed by atoms with Gasteiger partial charge < -0.3 is 18.8 Å². The van der Waals surface area contributed by atoms with Crippen molar-refractivity contribution in [2.24, 2.45) is 0 Å². The number of methoxy groups -OCH3 is 2. The summed E-state index contributed by atoms with van der Waals surface area (Å²) in [6.07, 6.45) is 2.58. The Bertz CT molecular complexity index is 1200. The molecule has 1 aliphatic heterocycles. The molecule has 2 heterocycles. The lowest BCUT2D eigenvalue weighted by atomic mass is 9.95. The van der Waals surface area contributed by atoms with E-state index in [-0.39, 0.29) is 11.5 Å². The molecule has 9 heteroatoms. The third-order valence-corrected chi connectivity index (χ3v) is 5.17. The van der Waals surface area contributed by atoms with Crippen LogP contribution in [0.15, 0.2) is 36.5 Å². The summed E-state index contributed by atoms with van der Waals surface area (Å²) >= 11 is 0. The third kappa shape index (κ3) is 3.08. The van der Waals surface area contributed by atoms with Crippen LogP contribution in [0.3, 0.4) is 0 Å². The predicted octanol–water partition coefficient (Wildman–Crippen LogP) is 2.25. The van der Waals surface area contributed by atoms with Gasteiger partial charge >= 0.3 is 10.4 Å². The first kappa shape index (κ1) is 18.3. The van der Waals surface area contributed by atoms with Gasteiger partial charge in [0.05, 0.1) is 25.2 Å². The van der Waals surface area contributed by atoms with E-state index in [2.05, 4.69) is 4.18 Å². The average molecular weight is 404 g/mol. The highest BCUT2D eigenvalue weighted by atomic mass is 32.3. The van der Waals surface area contributed by atoms with E-state index in [9.17, 15) is 13.5 Å². The number of benzene rings is 2. The molecule has 146 valence electrons. The molecule has 0 unspecified atom stereocenters. The fourth-order valence-corrected chi connectivity index (χ4v) is 3.94. The van der Waals surface area contributed by atoms with E-state index >= 15 is 0 Å². The smallest absolute Gasteiger partial charge is 0.446 e. The molecule has 0 radical (unpaired) electrons. The normalized spacial score (nSPS) is 13.0. The van der Waals surface area contributed by atoms with Crippen LogP contribution in [-0.2, 0) is 23.4 Å². The molecular formula is C19H18NO7S+. The van der Waals surface area contributed by atoms with Crippen LogP contribution in [-0.4, -0.2) is 32.3 Å². The largest absolute Gasteiger partial charge is 0.504 e. The second kappa shape index (κ2) is 6.54. The number of phenolic OH excluding ortho intramolecular Hbond substituents is 1. The van der Waals surface area contributed by atoms with Crippen molar-refractivity contribution in [2.45, 2.75) is 13.0 Å². The maximum atomic E-state index is 11.1. The SMILES string of the molecule is COc1ccc2cc3[n+](cc2c1OC)CCc1cc(O)c(OS(=O)(=O)O)cc1-3. The van der Waals surface area contributed by atoms with E-state index in [4.69, 9.17) is 14.0 Å². The Labute approximate surface area is 161 Å². The third-order valence-electron chi connectivity index (χ3n) is 4.78. The molecule has 4 rings (SSSR count). The lowest BCUT2D eigenvalue weighted by Crippen LogP contribution is -2.40. The summed E-state index contributed by atoms with van der Waals surface area (Å²) in [6, 6.07) is 8.53. The first-order valence-electron chi connectivity index (χ1n) is 8.42. The fourth-order valence-electron chi connectivity index (χ4n) is 3.58. The number of hydrogen-bond donors (Lipinski definition) is 2. The number of rotatable bonds is 4. The summed E-state index contributed by atoms with van der Waals surface area (Å²) in [5.74, 6) is 0.571. The van der Waals surface area contributed by atoms with Crippen LogP contribution in [0.1, 0.15) is 5.56 Å². The molecule has 1 aromatic heterocycles. The van der Waals surface area contributed by atoms with E-state index in [1.807, 2.05) is 29.0 Å². The highest BCUT2D eigenvalue weighted by Crippen LogP contribution is 2.40. The summed E-state index contributed by atoms with van der Waals surface area (Å²) in [5, 5.41) is 11.8. The molecule has 0 saturated heterocycles. The van der Waals surface area contributed by atoms with Crippen LogP contribution in [0.2, 0.25) is 0 Å². The van der Waals surface area contributed by atoms with Crippen LogP contribution in [0.5, 0.6) is 23.0 Å². The Balaban J connectivity index is 1.93. The van der Waals surface area contributed by atoms with Crippen LogP contribution in [0.4, 0.5) is 0 Å². The second-order valence-corrected chi connectivity index (χ2v) is 7.42. The summed E-state index contributed by atoms with van der Waals surface area (Å²) < 4.78 is 48.5. The van der Waals surface area contributed by atoms with Gasteiger partial charge in [0, 0.05) is 18.6 Å². The molecule has 0 atom stereocenters. The Morgan fingerprint density at radius 2 is 1.86 bits per heavy atom. The van der Waals surface area contributed by atoms with Crippen LogP contribution < -0.4 is 18.2 Å². The van der Waals surface area contributed by atoms with Gasteiger partial charge in [0.25, 0.3) is 0 Å². The van der Waals surface area contributed by atoms with Gasteiger partial charge in [0.1, 0.15) is 0 Å². The molecule has 3 aromatic rings. The topological polar surface area (TPSA) is 106 Å². The maximum Gasteiger partial charge on any atom is 0.446 e. The van der Waals surface area contributed by atoms with Gasteiger partial charge in [0.15, 0.2) is 35.7 Å². The van der Waals surface area contributed by atoms with E-state index in [0.717, 1.165) is 22.0 Å². The standard InChI is InChI=1S/C19H17NO7S/c1-25-17-4-3-11-7-15-13-9-18(27-28(22,23)24)16(21)8-12(13)5-6-20(15)10-14(11)19(17)26-2/h3-4,7-10H,5-6H2,1-2H3,(H,22,23,24)/p+1. The van der Waals surface area contributed by atoms with E-state index in [1.54, 1.807) is 14.2 Å².